The van der Waals surface area contributed by atoms with Gasteiger partial charge in [-0.3, -0.25) is 9.69 Å². The average molecular weight is 320 g/mol. The van der Waals surface area contributed by atoms with E-state index in [1.54, 1.807) is 18.2 Å². The van der Waals surface area contributed by atoms with Crippen molar-refractivity contribution in [3.8, 4) is 0 Å². The number of ether oxygens (including phenoxy) is 1. The number of hydrogen-bond donors (Lipinski definition) is 0. The first-order valence-corrected chi connectivity index (χ1v) is 8.53. The summed E-state index contributed by atoms with van der Waals surface area (Å²) in [6.45, 7) is 6.40. The largest absolute Gasteiger partial charge is 0.379 e. The Morgan fingerprint density at radius 3 is 2.52 bits per heavy atom. The molecule has 0 atom stereocenters. The Balaban J connectivity index is 1.45. The number of amides is 1. The molecule has 0 radical (unpaired) electrons. The molecule has 4 nitrogen and oxygen atoms in total. The molecule has 23 heavy (non-hydrogen) atoms. The lowest BCUT2D eigenvalue weighted by molar-refractivity contribution is -0.132. The SMILES string of the molecule is O=C(Cc1ccccc1F)N1CCC(CN2CCOCC2)CC1. The van der Waals surface area contributed by atoms with Crippen molar-refractivity contribution in [3.63, 3.8) is 0 Å². The predicted molar refractivity (Wildman–Crippen MR) is 86.7 cm³/mol. The summed E-state index contributed by atoms with van der Waals surface area (Å²) in [6.07, 6.45) is 2.25. The fourth-order valence-electron chi connectivity index (χ4n) is 3.43. The second-order valence-corrected chi connectivity index (χ2v) is 6.51. The maximum atomic E-state index is 13.7. The Morgan fingerprint density at radius 2 is 1.83 bits per heavy atom. The van der Waals surface area contributed by atoms with Crippen molar-refractivity contribution in [3.05, 3.63) is 35.6 Å². The van der Waals surface area contributed by atoms with Gasteiger partial charge in [-0.15, -0.1) is 0 Å². The Bertz CT molecular complexity index is 524. The molecule has 5 heteroatoms. The number of rotatable bonds is 4. The lowest BCUT2D eigenvalue weighted by Crippen LogP contribution is -2.44. The highest BCUT2D eigenvalue weighted by atomic mass is 19.1. The minimum atomic E-state index is -0.289. The van der Waals surface area contributed by atoms with E-state index in [1.807, 2.05) is 4.90 Å². The molecule has 1 aromatic rings. The lowest BCUT2D eigenvalue weighted by atomic mass is 9.95. The number of carbonyl (C=O) groups is 1. The number of carbonyl (C=O) groups excluding carboxylic acids is 1. The van der Waals surface area contributed by atoms with Crippen molar-refractivity contribution in [2.75, 3.05) is 45.9 Å². The second kappa shape index (κ2) is 7.88. The van der Waals surface area contributed by atoms with E-state index in [1.165, 1.54) is 6.07 Å². The number of nitrogens with zero attached hydrogens (tertiary/aromatic N) is 2. The summed E-state index contributed by atoms with van der Waals surface area (Å²) in [5.74, 6) is 0.411. The molecule has 1 aromatic carbocycles. The van der Waals surface area contributed by atoms with Crippen LogP contribution in [0.1, 0.15) is 18.4 Å². The minimum Gasteiger partial charge on any atom is -0.379 e. The van der Waals surface area contributed by atoms with E-state index in [2.05, 4.69) is 4.90 Å². The minimum absolute atomic E-state index is 0.0416. The number of piperidine rings is 1. The number of halogens is 1. The highest BCUT2D eigenvalue weighted by Crippen LogP contribution is 2.20. The molecule has 0 spiro atoms. The van der Waals surface area contributed by atoms with Gasteiger partial charge in [0.1, 0.15) is 5.82 Å². The van der Waals surface area contributed by atoms with E-state index in [-0.39, 0.29) is 18.1 Å². The van der Waals surface area contributed by atoms with E-state index in [4.69, 9.17) is 4.74 Å². The molecular formula is C18H25FN2O2. The topological polar surface area (TPSA) is 32.8 Å². The van der Waals surface area contributed by atoms with Gasteiger partial charge in [-0.05, 0) is 30.4 Å². The summed E-state index contributed by atoms with van der Waals surface area (Å²) >= 11 is 0. The zero-order chi connectivity index (χ0) is 16.1. The molecule has 2 saturated heterocycles. The molecule has 0 aliphatic carbocycles. The van der Waals surface area contributed by atoms with Crippen molar-refractivity contribution in [2.45, 2.75) is 19.3 Å². The van der Waals surface area contributed by atoms with Crippen molar-refractivity contribution in [1.82, 2.24) is 9.80 Å². The Hall–Kier alpha value is -1.46. The molecule has 3 rings (SSSR count). The van der Waals surface area contributed by atoms with Crippen LogP contribution in [0.2, 0.25) is 0 Å². The van der Waals surface area contributed by atoms with Gasteiger partial charge in [0.25, 0.3) is 0 Å². The highest BCUT2D eigenvalue weighted by Gasteiger charge is 2.25. The van der Waals surface area contributed by atoms with Gasteiger partial charge in [-0.2, -0.15) is 0 Å². The van der Waals surface area contributed by atoms with Crippen LogP contribution in [0.4, 0.5) is 4.39 Å². The molecule has 2 heterocycles. The summed E-state index contributed by atoms with van der Waals surface area (Å²) in [5, 5.41) is 0. The van der Waals surface area contributed by atoms with E-state index in [0.717, 1.165) is 58.8 Å². The Morgan fingerprint density at radius 1 is 1.13 bits per heavy atom. The van der Waals surface area contributed by atoms with Crippen LogP contribution in [0, 0.1) is 11.7 Å². The molecular weight excluding hydrogens is 295 g/mol. The summed E-state index contributed by atoms with van der Waals surface area (Å²) in [6, 6.07) is 6.54. The van der Waals surface area contributed by atoms with Crippen LogP contribution in [0.25, 0.3) is 0 Å². The van der Waals surface area contributed by atoms with Gasteiger partial charge in [0.15, 0.2) is 0 Å². The number of likely N-dealkylation sites (tertiary alicyclic amines) is 1. The Labute approximate surface area is 137 Å². The molecule has 0 N–H and O–H groups in total. The summed E-state index contributed by atoms with van der Waals surface area (Å²) in [5.41, 5.74) is 0.493. The Kier molecular flexibility index (Phi) is 5.62. The predicted octanol–water partition coefficient (Wildman–Crippen LogP) is 1.94. The van der Waals surface area contributed by atoms with Crippen LogP contribution in [0.15, 0.2) is 24.3 Å². The normalized spacial score (nSPS) is 20.7. The fourth-order valence-corrected chi connectivity index (χ4v) is 3.43. The van der Waals surface area contributed by atoms with Gasteiger partial charge in [-0.25, -0.2) is 4.39 Å². The standard InChI is InChI=1S/C18H25FN2O2/c19-17-4-2-1-3-16(17)13-18(22)21-7-5-15(6-8-21)14-20-9-11-23-12-10-20/h1-4,15H,5-14H2. The number of morpholine rings is 1. The van der Waals surface area contributed by atoms with Gasteiger partial charge in [0, 0.05) is 32.7 Å². The number of benzene rings is 1. The van der Waals surface area contributed by atoms with Crippen LogP contribution in [-0.2, 0) is 16.0 Å². The van der Waals surface area contributed by atoms with Gasteiger partial charge < -0.3 is 9.64 Å². The quantitative estimate of drug-likeness (QED) is 0.850. The van der Waals surface area contributed by atoms with Gasteiger partial charge >= 0.3 is 0 Å². The maximum absolute atomic E-state index is 13.7. The zero-order valence-corrected chi connectivity index (χ0v) is 13.5. The molecule has 2 aliphatic rings. The molecule has 2 fully saturated rings. The third kappa shape index (κ3) is 4.52. The van der Waals surface area contributed by atoms with Crippen molar-refractivity contribution in [2.24, 2.45) is 5.92 Å². The molecule has 2 aliphatic heterocycles. The van der Waals surface area contributed by atoms with Crippen molar-refractivity contribution in [1.29, 1.82) is 0 Å². The molecule has 0 bridgehead atoms. The summed E-state index contributed by atoms with van der Waals surface area (Å²) in [4.78, 5) is 16.7. The second-order valence-electron chi connectivity index (χ2n) is 6.51. The zero-order valence-electron chi connectivity index (χ0n) is 13.5. The van der Waals surface area contributed by atoms with E-state index >= 15 is 0 Å². The average Bonchev–Trinajstić information content (AvgIpc) is 2.58. The van der Waals surface area contributed by atoms with Crippen LogP contribution >= 0.6 is 0 Å². The van der Waals surface area contributed by atoms with Crippen LogP contribution in [-0.4, -0.2) is 61.6 Å². The molecule has 126 valence electrons. The first-order valence-electron chi connectivity index (χ1n) is 8.53. The molecule has 0 unspecified atom stereocenters. The van der Waals surface area contributed by atoms with Crippen molar-refractivity contribution >= 4 is 5.91 Å². The van der Waals surface area contributed by atoms with Gasteiger partial charge in [0.05, 0.1) is 19.6 Å². The highest BCUT2D eigenvalue weighted by molar-refractivity contribution is 5.78. The third-order valence-corrected chi connectivity index (χ3v) is 4.89. The van der Waals surface area contributed by atoms with Gasteiger partial charge in [-0.1, -0.05) is 18.2 Å². The molecule has 0 saturated carbocycles. The molecule has 0 aromatic heterocycles. The van der Waals surface area contributed by atoms with Crippen LogP contribution < -0.4 is 0 Å². The van der Waals surface area contributed by atoms with Gasteiger partial charge in [0.2, 0.25) is 5.91 Å². The monoisotopic (exact) mass is 320 g/mol. The first-order chi connectivity index (χ1) is 11.2. The van der Waals surface area contributed by atoms with E-state index in [9.17, 15) is 9.18 Å². The van der Waals surface area contributed by atoms with Crippen LogP contribution in [0.5, 0.6) is 0 Å². The third-order valence-electron chi connectivity index (χ3n) is 4.89. The fraction of sp³-hybridized carbons (Fsp3) is 0.611. The van der Waals surface area contributed by atoms with Crippen molar-refractivity contribution < 1.29 is 13.9 Å². The number of hydrogen-bond acceptors (Lipinski definition) is 3. The smallest absolute Gasteiger partial charge is 0.227 e. The molecule has 1 amide bonds. The summed E-state index contributed by atoms with van der Waals surface area (Å²) < 4.78 is 19.0. The summed E-state index contributed by atoms with van der Waals surface area (Å²) in [7, 11) is 0. The van der Waals surface area contributed by atoms with E-state index in [0.29, 0.717) is 11.5 Å². The van der Waals surface area contributed by atoms with Crippen LogP contribution in [0.3, 0.4) is 0 Å². The maximum Gasteiger partial charge on any atom is 0.227 e. The first kappa shape index (κ1) is 16.4. The van der Waals surface area contributed by atoms with E-state index < -0.39 is 0 Å². The lowest BCUT2D eigenvalue weighted by Gasteiger charge is -2.36.